The smallest absolute Gasteiger partial charge is 0.338 e. The number of carboxylic acids is 1. The maximum Gasteiger partial charge on any atom is 0.338 e. The zero-order chi connectivity index (χ0) is 19.0. The van der Waals surface area contributed by atoms with E-state index in [-0.39, 0.29) is 17.7 Å². The van der Waals surface area contributed by atoms with Crippen molar-refractivity contribution in [3.05, 3.63) is 94.4 Å². The van der Waals surface area contributed by atoms with E-state index in [1.54, 1.807) is 48.8 Å². The van der Waals surface area contributed by atoms with Crippen LogP contribution >= 0.6 is 0 Å². The lowest BCUT2D eigenvalue weighted by molar-refractivity contribution is 0.0697. The zero-order valence-corrected chi connectivity index (χ0v) is 14.7. The van der Waals surface area contributed by atoms with Crippen molar-refractivity contribution in [3.8, 4) is 5.69 Å². The van der Waals surface area contributed by atoms with E-state index in [0.717, 1.165) is 5.82 Å². The quantitative estimate of drug-likeness (QED) is 0.607. The third-order valence-corrected chi connectivity index (χ3v) is 4.66. The first-order valence-corrected chi connectivity index (χ1v) is 8.51. The molecular weight excluding hydrogens is 342 g/mol. The molecule has 6 heteroatoms. The number of imidazole rings is 1. The van der Waals surface area contributed by atoms with Crippen LogP contribution in [0.3, 0.4) is 0 Å². The molecule has 2 aromatic heterocycles. The minimum Gasteiger partial charge on any atom is -0.478 e. The van der Waals surface area contributed by atoms with Gasteiger partial charge in [-0.3, -0.25) is 9.36 Å². The van der Waals surface area contributed by atoms with Gasteiger partial charge in [0.05, 0.1) is 17.8 Å². The molecule has 4 aromatic rings. The van der Waals surface area contributed by atoms with Gasteiger partial charge < -0.3 is 9.67 Å². The van der Waals surface area contributed by atoms with Gasteiger partial charge in [0, 0.05) is 28.9 Å². The third-order valence-electron chi connectivity index (χ3n) is 4.66. The van der Waals surface area contributed by atoms with E-state index in [4.69, 9.17) is 0 Å². The second kappa shape index (κ2) is 6.57. The van der Waals surface area contributed by atoms with Gasteiger partial charge >= 0.3 is 5.97 Å². The van der Waals surface area contributed by atoms with E-state index < -0.39 is 5.97 Å². The molecule has 0 fully saturated rings. The number of aryl methyl sites for hydroxylation is 1. The number of rotatable bonds is 4. The number of benzene rings is 2. The van der Waals surface area contributed by atoms with Gasteiger partial charge in [0.25, 0.3) is 5.56 Å². The molecule has 1 N–H and O–H groups in total. The van der Waals surface area contributed by atoms with Crippen molar-refractivity contribution in [3.63, 3.8) is 0 Å². The molecule has 0 atom stereocenters. The highest BCUT2D eigenvalue weighted by Gasteiger charge is 2.22. The molecule has 2 aromatic carbocycles. The summed E-state index contributed by atoms with van der Waals surface area (Å²) in [7, 11) is 0. The summed E-state index contributed by atoms with van der Waals surface area (Å²) in [4.78, 5) is 29.7. The molecule has 134 valence electrons. The summed E-state index contributed by atoms with van der Waals surface area (Å²) in [5, 5.41) is 10.8. The van der Waals surface area contributed by atoms with Crippen LogP contribution in [0.25, 0.3) is 16.5 Å². The number of para-hydroxylation sites is 1. The lowest BCUT2D eigenvalue weighted by atomic mass is 10.0. The first kappa shape index (κ1) is 16.8. The maximum absolute atomic E-state index is 13.3. The van der Waals surface area contributed by atoms with Crippen molar-refractivity contribution in [1.82, 2.24) is 14.1 Å². The number of nitrogens with zero attached hydrogens (tertiary/aromatic N) is 3. The zero-order valence-electron chi connectivity index (χ0n) is 14.7. The molecule has 27 heavy (non-hydrogen) atoms. The summed E-state index contributed by atoms with van der Waals surface area (Å²) in [6.45, 7) is 2.06. The molecule has 0 saturated carbocycles. The van der Waals surface area contributed by atoms with Crippen molar-refractivity contribution >= 4 is 16.7 Å². The summed E-state index contributed by atoms with van der Waals surface area (Å²) in [5.41, 5.74) is 0.929. The second-order valence-electron chi connectivity index (χ2n) is 6.25. The van der Waals surface area contributed by atoms with Gasteiger partial charge in [-0.05, 0) is 25.1 Å². The van der Waals surface area contributed by atoms with Crippen LogP contribution in [0.1, 0.15) is 21.9 Å². The maximum atomic E-state index is 13.3. The fourth-order valence-corrected chi connectivity index (χ4v) is 3.37. The second-order valence-corrected chi connectivity index (χ2v) is 6.25. The van der Waals surface area contributed by atoms with Crippen LogP contribution in [0.5, 0.6) is 0 Å². The van der Waals surface area contributed by atoms with E-state index in [1.807, 2.05) is 29.7 Å². The Morgan fingerprint density at radius 1 is 1.04 bits per heavy atom. The lowest BCUT2D eigenvalue weighted by Gasteiger charge is -2.19. The van der Waals surface area contributed by atoms with Crippen molar-refractivity contribution in [2.45, 2.75) is 13.5 Å². The highest BCUT2D eigenvalue weighted by Crippen LogP contribution is 2.23. The summed E-state index contributed by atoms with van der Waals surface area (Å²) >= 11 is 0. The Morgan fingerprint density at radius 3 is 2.33 bits per heavy atom. The number of carbonyl (C=O) groups is 1. The molecule has 0 saturated heterocycles. The first-order valence-electron chi connectivity index (χ1n) is 8.51. The number of aromatic carboxylic acids is 1. The van der Waals surface area contributed by atoms with Gasteiger partial charge in [0.15, 0.2) is 0 Å². The molecule has 6 nitrogen and oxygen atoms in total. The van der Waals surface area contributed by atoms with E-state index in [9.17, 15) is 14.7 Å². The molecule has 0 amide bonds. The van der Waals surface area contributed by atoms with Crippen LogP contribution in [0.2, 0.25) is 0 Å². The Kier molecular flexibility index (Phi) is 4.08. The van der Waals surface area contributed by atoms with Crippen LogP contribution in [-0.4, -0.2) is 25.2 Å². The minimum atomic E-state index is -1.07. The van der Waals surface area contributed by atoms with Crippen LogP contribution in [0.4, 0.5) is 0 Å². The Balaban J connectivity index is 2.14. The number of aromatic nitrogens is 3. The van der Waals surface area contributed by atoms with Crippen molar-refractivity contribution < 1.29 is 9.90 Å². The standard InChI is InChI=1S/C21H17N3O3/c1-14-22-11-12-23(14)13-18-19(21(26)27)16-9-5-6-10-17(16)20(25)24(18)15-7-3-2-4-8-15/h2-12H,13H2,1H3,(H,26,27). The predicted octanol–water partition coefficient (Wildman–Crippen LogP) is 3.24. The minimum absolute atomic E-state index is 0.127. The monoisotopic (exact) mass is 359 g/mol. The Hall–Kier alpha value is -3.67. The third kappa shape index (κ3) is 2.81. The highest BCUT2D eigenvalue weighted by molar-refractivity contribution is 6.04. The van der Waals surface area contributed by atoms with E-state index in [1.165, 1.54) is 4.57 Å². The largest absolute Gasteiger partial charge is 0.478 e. The molecule has 0 aliphatic carbocycles. The van der Waals surface area contributed by atoms with Gasteiger partial charge in [-0.25, -0.2) is 9.78 Å². The summed E-state index contributed by atoms with van der Waals surface area (Å²) in [5.74, 6) is -0.324. The van der Waals surface area contributed by atoms with Crippen LogP contribution in [0, 0.1) is 6.92 Å². The summed E-state index contributed by atoms with van der Waals surface area (Å²) < 4.78 is 3.32. The number of carboxylic acid groups (broad SMARTS) is 1. The highest BCUT2D eigenvalue weighted by atomic mass is 16.4. The van der Waals surface area contributed by atoms with E-state index in [2.05, 4.69) is 4.98 Å². The average molecular weight is 359 g/mol. The van der Waals surface area contributed by atoms with Crippen LogP contribution in [0.15, 0.2) is 71.8 Å². The van der Waals surface area contributed by atoms with Crippen molar-refractivity contribution in [2.24, 2.45) is 0 Å². The Labute approximate surface area is 155 Å². The van der Waals surface area contributed by atoms with Crippen molar-refractivity contribution in [1.29, 1.82) is 0 Å². The SMILES string of the molecule is Cc1nccn1Cc1c(C(=O)O)c2ccccc2c(=O)n1-c1ccccc1. The molecule has 0 aliphatic rings. The predicted molar refractivity (Wildman–Crippen MR) is 103 cm³/mol. The van der Waals surface area contributed by atoms with Crippen molar-refractivity contribution in [2.75, 3.05) is 0 Å². The van der Waals surface area contributed by atoms with Gasteiger partial charge in [-0.15, -0.1) is 0 Å². The molecule has 0 unspecified atom stereocenters. The van der Waals surface area contributed by atoms with Crippen LogP contribution in [-0.2, 0) is 6.54 Å². The fraction of sp³-hybridized carbons (Fsp3) is 0.0952. The fourth-order valence-electron chi connectivity index (χ4n) is 3.37. The van der Waals surface area contributed by atoms with Gasteiger partial charge in [-0.2, -0.15) is 0 Å². The molecule has 0 radical (unpaired) electrons. The number of hydrogen-bond acceptors (Lipinski definition) is 3. The van der Waals surface area contributed by atoms with Gasteiger partial charge in [-0.1, -0.05) is 36.4 Å². The Bertz CT molecular complexity index is 1210. The molecule has 0 bridgehead atoms. The number of hydrogen-bond donors (Lipinski definition) is 1. The molecule has 0 spiro atoms. The summed E-state index contributed by atoms with van der Waals surface area (Å²) in [6, 6.07) is 15.9. The summed E-state index contributed by atoms with van der Waals surface area (Å²) in [6.07, 6.45) is 3.43. The average Bonchev–Trinajstić information content (AvgIpc) is 3.07. The molecular formula is C21H17N3O3. The first-order chi connectivity index (χ1) is 13.1. The van der Waals surface area contributed by atoms with E-state index in [0.29, 0.717) is 22.2 Å². The van der Waals surface area contributed by atoms with E-state index >= 15 is 0 Å². The molecule has 2 heterocycles. The van der Waals surface area contributed by atoms with Gasteiger partial charge in [0.1, 0.15) is 5.82 Å². The topological polar surface area (TPSA) is 77.1 Å². The number of pyridine rings is 1. The molecule has 0 aliphatic heterocycles. The molecule has 4 rings (SSSR count). The van der Waals surface area contributed by atoms with Crippen LogP contribution < -0.4 is 5.56 Å². The normalized spacial score (nSPS) is 11.0. The Morgan fingerprint density at radius 2 is 1.70 bits per heavy atom. The number of fused-ring (bicyclic) bond motifs is 1. The lowest BCUT2D eigenvalue weighted by Crippen LogP contribution is -2.27. The van der Waals surface area contributed by atoms with Gasteiger partial charge in [0.2, 0.25) is 0 Å².